The zero-order valence-electron chi connectivity index (χ0n) is 6.56. The van der Waals surface area contributed by atoms with E-state index < -0.39 is 9.04 Å². The Morgan fingerprint density at radius 3 is 2.20 bits per heavy atom. The number of hydrogen-bond acceptors (Lipinski definition) is 1. The van der Waals surface area contributed by atoms with Crippen LogP contribution in [-0.4, -0.2) is 13.8 Å². The summed E-state index contributed by atoms with van der Waals surface area (Å²) in [7, 11) is -0.981. The van der Waals surface area contributed by atoms with Gasteiger partial charge in [0.25, 0.3) is 0 Å². The molecule has 0 aromatic carbocycles. The van der Waals surface area contributed by atoms with Crippen LogP contribution in [-0.2, 0) is 0 Å². The van der Waals surface area contributed by atoms with E-state index in [1.54, 1.807) is 0 Å². The number of fused-ring (bicyclic) bond motifs is 2. The molecule has 0 aromatic heterocycles. The van der Waals surface area contributed by atoms with Crippen molar-refractivity contribution in [3.05, 3.63) is 0 Å². The minimum atomic E-state index is -0.981. The van der Waals surface area contributed by atoms with E-state index >= 15 is 0 Å². The maximum Gasteiger partial charge on any atom is 0.210 e. The topological polar surface area (TPSA) is 20.2 Å². The summed E-state index contributed by atoms with van der Waals surface area (Å²) in [6.07, 6.45) is 6.83. The summed E-state index contributed by atoms with van der Waals surface area (Å²) in [5.74, 6) is 0.993. The molecule has 2 heteroatoms. The molecule has 0 spiro atoms. The molecule has 0 atom stereocenters. The molecule has 0 aromatic rings. The van der Waals surface area contributed by atoms with E-state index in [1.807, 2.05) is 0 Å². The maximum absolute atomic E-state index is 9.63. The van der Waals surface area contributed by atoms with Crippen molar-refractivity contribution in [2.75, 3.05) is 0 Å². The van der Waals surface area contributed by atoms with Crippen molar-refractivity contribution in [3.63, 3.8) is 0 Å². The first kappa shape index (κ1) is 6.86. The molecule has 2 fully saturated rings. The minimum absolute atomic E-state index is 0.468. The molecule has 57 valence electrons. The van der Waals surface area contributed by atoms with Gasteiger partial charge in [-0.05, 0) is 36.8 Å². The third-order valence-corrected chi connectivity index (χ3v) is 5.75. The Balaban J connectivity index is 2.15. The van der Waals surface area contributed by atoms with Gasteiger partial charge in [-0.2, -0.15) is 0 Å². The van der Waals surface area contributed by atoms with Gasteiger partial charge in [0.1, 0.15) is 0 Å². The summed E-state index contributed by atoms with van der Waals surface area (Å²) in [5.41, 5.74) is 0. The minimum Gasteiger partial charge on any atom is -0.431 e. The Hall–Kier alpha value is 0.177. The summed E-state index contributed by atoms with van der Waals surface area (Å²) in [4.78, 5) is 9.63. The smallest absolute Gasteiger partial charge is 0.210 e. The van der Waals surface area contributed by atoms with Crippen LogP contribution in [0.25, 0.3) is 0 Å². The molecule has 10 heavy (non-hydrogen) atoms. The molecular weight excluding hydrogens is 140 g/mol. The van der Waals surface area contributed by atoms with E-state index in [0.29, 0.717) is 5.04 Å². The predicted molar refractivity (Wildman–Crippen MR) is 43.1 cm³/mol. The SMILES string of the molecule is C[Si](O)C12CCC(CC1)C2. The van der Waals surface area contributed by atoms with Gasteiger partial charge >= 0.3 is 0 Å². The molecule has 2 aliphatic rings. The number of rotatable bonds is 1. The predicted octanol–water partition coefficient (Wildman–Crippen LogP) is 1.93. The van der Waals surface area contributed by atoms with Crippen LogP contribution in [0.5, 0.6) is 0 Å². The van der Waals surface area contributed by atoms with Gasteiger partial charge in [0, 0.05) is 0 Å². The lowest BCUT2D eigenvalue weighted by Gasteiger charge is -2.27. The highest BCUT2D eigenvalue weighted by Gasteiger charge is 2.48. The van der Waals surface area contributed by atoms with Gasteiger partial charge in [-0.25, -0.2) is 0 Å². The molecule has 1 nitrogen and oxygen atoms in total. The Kier molecular flexibility index (Phi) is 1.43. The summed E-state index contributed by atoms with van der Waals surface area (Å²) in [6.45, 7) is 2.07. The van der Waals surface area contributed by atoms with Crippen LogP contribution in [0, 0.1) is 5.92 Å². The van der Waals surface area contributed by atoms with Gasteiger partial charge in [-0.15, -0.1) is 0 Å². The van der Waals surface area contributed by atoms with E-state index in [9.17, 15) is 4.80 Å². The van der Waals surface area contributed by atoms with Crippen molar-refractivity contribution in [2.45, 2.75) is 43.7 Å². The Morgan fingerprint density at radius 2 is 2.00 bits per heavy atom. The van der Waals surface area contributed by atoms with Gasteiger partial charge in [-0.1, -0.05) is 12.8 Å². The first-order valence-corrected chi connectivity index (χ1v) is 6.21. The monoisotopic (exact) mass is 155 g/mol. The third-order valence-electron chi connectivity index (χ3n) is 3.51. The second kappa shape index (κ2) is 2.08. The van der Waals surface area contributed by atoms with Crippen LogP contribution < -0.4 is 0 Å². The maximum atomic E-state index is 9.63. The fourth-order valence-electron chi connectivity index (χ4n) is 2.70. The Labute approximate surface area is 64.2 Å². The average Bonchev–Trinajstić information content (AvgIpc) is 2.45. The van der Waals surface area contributed by atoms with Gasteiger partial charge in [0.2, 0.25) is 9.04 Å². The Bertz CT molecular complexity index is 136. The quantitative estimate of drug-likeness (QED) is 0.574. The zero-order valence-corrected chi connectivity index (χ0v) is 7.56. The number of hydrogen-bond donors (Lipinski definition) is 1. The Morgan fingerprint density at radius 1 is 1.40 bits per heavy atom. The van der Waals surface area contributed by atoms with Gasteiger partial charge in [0.05, 0.1) is 0 Å². The second-order valence-electron chi connectivity index (χ2n) is 4.01. The highest BCUT2D eigenvalue weighted by Crippen LogP contribution is 2.60. The molecule has 0 unspecified atom stereocenters. The lowest BCUT2D eigenvalue weighted by atomic mass is 10.0. The lowest BCUT2D eigenvalue weighted by Crippen LogP contribution is -2.25. The summed E-state index contributed by atoms with van der Waals surface area (Å²) < 4.78 is 0. The average molecular weight is 155 g/mol. The molecule has 1 N–H and O–H groups in total. The van der Waals surface area contributed by atoms with Crippen LogP contribution >= 0.6 is 0 Å². The largest absolute Gasteiger partial charge is 0.431 e. The normalized spacial score (nSPS) is 45.3. The summed E-state index contributed by atoms with van der Waals surface area (Å²) in [5, 5.41) is 0.468. The standard InChI is InChI=1S/C8H15OSi/c1-10(9)8-4-2-7(6-8)3-5-8/h7,9H,2-6H2,1H3. The molecule has 0 amide bonds. The van der Waals surface area contributed by atoms with E-state index in [0.717, 1.165) is 5.92 Å². The summed E-state index contributed by atoms with van der Waals surface area (Å²) >= 11 is 0. The van der Waals surface area contributed by atoms with Gasteiger partial charge in [0.15, 0.2) is 0 Å². The molecule has 2 bridgehead atoms. The van der Waals surface area contributed by atoms with E-state index in [1.165, 1.54) is 32.1 Å². The van der Waals surface area contributed by atoms with Crippen molar-refractivity contribution in [1.29, 1.82) is 0 Å². The highest BCUT2D eigenvalue weighted by molar-refractivity contribution is 6.52. The molecular formula is C8H15OSi. The van der Waals surface area contributed by atoms with E-state index in [-0.39, 0.29) is 0 Å². The molecule has 2 saturated carbocycles. The van der Waals surface area contributed by atoms with Crippen LogP contribution in [0.2, 0.25) is 11.6 Å². The molecule has 1 radical (unpaired) electrons. The molecule has 2 aliphatic carbocycles. The van der Waals surface area contributed by atoms with Gasteiger partial charge < -0.3 is 4.80 Å². The van der Waals surface area contributed by atoms with E-state index in [2.05, 4.69) is 6.55 Å². The molecule has 0 aliphatic heterocycles. The van der Waals surface area contributed by atoms with Crippen LogP contribution in [0.1, 0.15) is 32.1 Å². The third kappa shape index (κ3) is 0.784. The molecule has 0 saturated heterocycles. The van der Waals surface area contributed by atoms with Crippen molar-refractivity contribution in [2.24, 2.45) is 5.92 Å². The van der Waals surface area contributed by atoms with Gasteiger partial charge in [-0.3, -0.25) is 0 Å². The zero-order chi connectivity index (χ0) is 7.19. The fourth-order valence-corrected chi connectivity index (χ4v) is 4.30. The van der Waals surface area contributed by atoms with Crippen LogP contribution in [0.4, 0.5) is 0 Å². The van der Waals surface area contributed by atoms with Crippen LogP contribution in [0.3, 0.4) is 0 Å². The van der Waals surface area contributed by atoms with Crippen molar-refractivity contribution < 1.29 is 4.80 Å². The van der Waals surface area contributed by atoms with Crippen molar-refractivity contribution >= 4 is 9.04 Å². The van der Waals surface area contributed by atoms with Crippen molar-refractivity contribution in [1.82, 2.24) is 0 Å². The second-order valence-corrected chi connectivity index (χ2v) is 6.24. The fraction of sp³-hybridized carbons (Fsp3) is 1.00. The highest BCUT2D eigenvalue weighted by atomic mass is 28.3. The van der Waals surface area contributed by atoms with Crippen molar-refractivity contribution in [3.8, 4) is 0 Å². The first-order valence-electron chi connectivity index (χ1n) is 4.26. The summed E-state index contributed by atoms with van der Waals surface area (Å²) in [6, 6.07) is 0. The first-order chi connectivity index (χ1) is 4.73. The van der Waals surface area contributed by atoms with E-state index in [4.69, 9.17) is 0 Å². The van der Waals surface area contributed by atoms with Crippen LogP contribution in [0.15, 0.2) is 0 Å². The molecule has 0 heterocycles. The lowest BCUT2D eigenvalue weighted by molar-refractivity contribution is 0.439. The molecule has 2 rings (SSSR count).